The third kappa shape index (κ3) is 1.90. The van der Waals surface area contributed by atoms with Crippen LogP contribution in [0.3, 0.4) is 0 Å². The Balaban J connectivity index is 2.30. The molecule has 0 radical (unpaired) electrons. The van der Waals surface area contributed by atoms with E-state index in [-0.39, 0.29) is 0 Å². The SMILES string of the molecule is Cc1cccc2nc(-c3ccc(N)cc3)c(CC#N)n12. The zero-order chi connectivity index (χ0) is 14.1. The van der Waals surface area contributed by atoms with E-state index in [4.69, 9.17) is 11.0 Å². The van der Waals surface area contributed by atoms with Crippen molar-refractivity contribution in [2.75, 3.05) is 5.73 Å². The van der Waals surface area contributed by atoms with Gasteiger partial charge in [-0.25, -0.2) is 4.98 Å². The summed E-state index contributed by atoms with van der Waals surface area (Å²) in [5.41, 5.74) is 11.1. The fraction of sp³-hybridized carbons (Fsp3) is 0.125. The number of nitrogens with zero attached hydrogens (tertiary/aromatic N) is 3. The zero-order valence-corrected chi connectivity index (χ0v) is 11.2. The van der Waals surface area contributed by atoms with Gasteiger partial charge < -0.3 is 5.73 Å². The van der Waals surface area contributed by atoms with Crippen LogP contribution in [0.1, 0.15) is 11.4 Å². The highest BCUT2D eigenvalue weighted by Gasteiger charge is 2.14. The van der Waals surface area contributed by atoms with Gasteiger partial charge in [-0.3, -0.25) is 4.40 Å². The monoisotopic (exact) mass is 262 g/mol. The molecule has 2 N–H and O–H groups in total. The maximum absolute atomic E-state index is 9.09. The number of nitrogens with two attached hydrogens (primary N) is 1. The highest BCUT2D eigenvalue weighted by molar-refractivity contribution is 5.68. The number of pyridine rings is 1. The van der Waals surface area contributed by atoms with Crippen molar-refractivity contribution in [3.8, 4) is 17.3 Å². The van der Waals surface area contributed by atoms with Crippen LogP contribution in [0.25, 0.3) is 16.9 Å². The summed E-state index contributed by atoms with van der Waals surface area (Å²) in [7, 11) is 0. The second kappa shape index (κ2) is 4.71. The van der Waals surface area contributed by atoms with E-state index in [1.807, 2.05) is 53.8 Å². The minimum Gasteiger partial charge on any atom is -0.399 e. The number of aromatic nitrogens is 2. The topological polar surface area (TPSA) is 67.1 Å². The van der Waals surface area contributed by atoms with E-state index in [1.54, 1.807) is 0 Å². The van der Waals surface area contributed by atoms with Crippen LogP contribution in [0, 0.1) is 18.3 Å². The van der Waals surface area contributed by atoms with E-state index < -0.39 is 0 Å². The molecule has 0 aliphatic carbocycles. The van der Waals surface area contributed by atoms with Crippen LogP contribution in [0.5, 0.6) is 0 Å². The summed E-state index contributed by atoms with van der Waals surface area (Å²) in [6, 6.07) is 15.7. The Morgan fingerprint density at radius 3 is 2.65 bits per heavy atom. The molecular formula is C16H14N4. The Bertz CT molecular complexity index is 807. The van der Waals surface area contributed by atoms with E-state index in [2.05, 4.69) is 11.1 Å². The summed E-state index contributed by atoms with van der Waals surface area (Å²) in [5, 5.41) is 9.09. The lowest BCUT2D eigenvalue weighted by Crippen LogP contribution is -1.97. The molecule has 0 aliphatic rings. The number of aryl methyl sites for hydroxylation is 1. The first-order valence-electron chi connectivity index (χ1n) is 6.40. The summed E-state index contributed by atoms with van der Waals surface area (Å²) in [6.45, 7) is 2.02. The number of benzene rings is 1. The normalized spacial score (nSPS) is 10.6. The van der Waals surface area contributed by atoms with E-state index in [0.29, 0.717) is 6.42 Å². The van der Waals surface area contributed by atoms with Crippen molar-refractivity contribution in [3.63, 3.8) is 0 Å². The van der Waals surface area contributed by atoms with Crippen LogP contribution in [-0.4, -0.2) is 9.38 Å². The van der Waals surface area contributed by atoms with Crippen LogP contribution in [0.4, 0.5) is 5.69 Å². The molecule has 4 heteroatoms. The standard InChI is InChI=1S/C16H14N4/c1-11-3-2-4-15-19-16(14(9-10-17)20(11)15)12-5-7-13(18)8-6-12/h2-8H,9,18H2,1H3. The molecule has 20 heavy (non-hydrogen) atoms. The summed E-state index contributed by atoms with van der Waals surface area (Å²) in [4.78, 5) is 4.66. The molecule has 3 rings (SSSR count). The highest BCUT2D eigenvalue weighted by Crippen LogP contribution is 2.26. The molecule has 0 fully saturated rings. The lowest BCUT2D eigenvalue weighted by Gasteiger charge is -2.04. The number of nitrogen functional groups attached to an aromatic ring is 1. The molecule has 0 spiro atoms. The van der Waals surface area contributed by atoms with Crippen LogP contribution >= 0.6 is 0 Å². The number of hydrogen-bond acceptors (Lipinski definition) is 3. The Morgan fingerprint density at radius 1 is 1.20 bits per heavy atom. The van der Waals surface area contributed by atoms with Crippen molar-refractivity contribution >= 4 is 11.3 Å². The number of anilines is 1. The maximum Gasteiger partial charge on any atom is 0.137 e. The molecule has 4 nitrogen and oxygen atoms in total. The molecule has 0 unspecified atom stereocenters. The van der Waals surface area contributed by atoms with Gasteiger partial charge in [0.2, 0.25) is 0 Å². The molecule has 2 aromatic heterocycles. The molecular weight excluding hydrogens is 248 g/mol. The van der Waals surface area contributed by atoms with Crippen molar-refractivity contribution in [3.05, 3.63) is 53.9 Å². The molecule has 0 atom stereocenters. The van der Waals surface area contributed by atoms with Crippen molar-refractivity contribution in [1.82, 2.24) is 9.38 Å². The van der Waals surface area contributed by atoms with Crippen molar-refractivity contribution in [2.45, 2.75) is 13.3 Å². The molecule has 2 heterocycles. The first-order chi connectivity index (χ1) is 9.70. The van der Waals surface area contributed by atoms with Gasteiger partial charge in [0.25, 0.3) is 0 Å². The summed E-state index contributed by atoms with van der Waals surface area (Å²) < 4.78 is 2.04. The molecule has 0 saturated carbocycles. The lowest BCUT2D eigenvalue weighted by molar-refractivity contribution is 1.00. The molecule has 0 bridgehead atoms. The summed E-state index contributed by atoms with van der Waals surface area (Å²) in [5.74, 6) is 0. The fourth-order valence-corrected chi connectivity index (χ4v) is 2.44. The van der Waals surface area contributed by atoms with Crippen molar-refractivity contribution < 1.29 is 0 Å². The molecule has 0 aliphatic heterocycles. The third-order valence-corrected chi connectivity index (χ3v) is 3.36. The van der Waals surface area contributed by atoms with Crippen molar-refractivity contribution in [1.29, 1.82) is 5.26 Å². The quantitative estimate of drug-likeness (QED) is 0.722. The Labute approximate surface area is 117 Å². The maximum atomic E-state index is 9.09. The molecule has 3 aromatic rings. The average Bonchev–Trinajstić information content (AvgIpc) is 2.80. The Kier molecular flexibility index (Phi) is 2.88. The first-order valence-corrected chi connectivity index (χ1v) is 6.40. The number of nitriles is 1. The smallest absolute Gasteiger partial charge is 0.137 e. The number of fused-ring (bicyclic) bond motifs is 1. The summed E-state index contributed by atoms with van der Waals surface area (Å²) in [6.07, 6.45) is 0.325. The minimum atomic E-state index is 0.325. The van der Waals surface area contributed by atoms with Crippen molar-refractivity contribution in [2.24, 2.45) is 0 Å². The Hall–Kier alpha value is -2.80. The van der Waals surface area contributed by atoms with E-state index >= 15 is 0 Å². The number of hydrogen-bond donors (Lipinski definition) is 1. The van der Waals surface area contributed by atoms with Gasteiger partial charge in [-0.1, -0.05) is 18.2 Å². The second-order valence-corrected chi connectivity index (χ2v) is 4.72. The van der Waals surface area contributed by atoms with Gasteiger partial charge in [0.15, 0.2) is 0 Å². The lowest BCUT2D eigenvalue weighted by atomic mass is 10.1. The largest absolute Gasteiger partial charge is 0.399 e. The van der Waals surface area contributed by atoms with Gasteiger partial charge in [0, 0.05) is 16.9 Å². The predicted molar refractivity (Wildman–Crippen MR) is 79.1 cm³/mol. The van der Waals surface area contributed by atoms with Gasteiger partial charge in [0.05, 0.1) is 23.9 Å². The van der Waals surface area contributed by atoms with Gasteiger partial charge in [-0.05, 0) is 31.2 Å². The number of imidazole rings is 1. The first kappa shape index (κ1) is 12.2. The molecule has 1 aromatic carbocycles. The third-order valence-electron chi connectivity index (χ3n) is 3.36. The van der Waals surface area contributed by atoms with Gasteiger partial charge in [-0.2, -0.15) is 5.26 Å². The summed E-state index contributed by atoms with van der Waals surface area (Å²) >= 11 is 0. The van der Waals surface area contributed by atoms with Gasteiger partial charge >= 0.3 is 0 Å². The van der Waals surface area contributed by atoms with Crippen LogP contribution in [0.2, 0.25) is 0 Å². The van der Waals surface area contributed by atoms with Crippen LogP contribution in [-0.2, 0) is 6.42 Å². The van der Waals surface area contributed by atoms with E-state index in [9.17, 15) is 0 Å². The van der Waals surface area contributed by atoms with Crippen LogP contribution < -0.4 is 5.73 Å². The predicted octanol–water partition coefficient (Wildman–Crippen LogP) is 2.96. The molecule has 98 valence electrons. The van der Waals surface area contributed by atoms with Gasteiger partial charge in [-0.15, -0.1) is 0 Å². The van der Waals surface area contributed by atoms with Crippen LogP contribution in [0.15, 0.2) is 42.5 Å². The average molecular weight is 262 g/mol. The van der Waals surface area contributed by atoms with E-state index in [1.165, 1.54) is 0 Å². The zero-order valence-electron chi connectivity index (χ0n) is 11.2. The Morgan fingerprint density at radius 2 is 1.95 bits per heavy atom. The fourth-order valence-electron chi connectivity index (χ4n) is 2.44. The number of rotatable bonds is 2. The molecule has 0 saturated heterocycles. The molecule has 0 amide bonds. The van der Waals surface area contributed by atoms with Gasteiger partial charge in [0.1, 0.15) is 5.65 Å². The highest BCUT2D eigenvalue weighted by atomic mass is 15.0. The second-order valence-electron chi connectivity index (χ2n) is 4.72. The van der Waals surface area contributed by atoms with E-state index in [0.717, 1.165) is 34.0 Å². The minimum absolute atomic E-state index is 0.325.